The normalized spacial score (nSPS) is 11.3. The van der Waals surface area contributed by atoms with Gasteiger partial charge in [-0.3, -0.25) is 9.48 Å². The van der Waals surface area contributed by atoms with E-state index in [9.17, 15) is 9.90 Å². The minimum atomic E-state index is -0.918. The molecular weight excluding hydrogens is 328 g/mol. The highest BCUT2D eigenvalue weighted by molar-refractivity contribution is 5.81. The van der Waals surface area contributed by atoms with Crippen LogP contribution in [0.1, 0.15) is 19.4 Å². The van der Waals surface area contributed by atoms with Crippen LogP contribution >= 0.6 is 0 Å². The second-order valence-corrected chi connectivity index (χ2v) is 6.62. The van der Waals surface area contributed by atoms with Gasteiger partial charge in [0, 0.05) is 18.0 Å². The summed E-state index contributed by atoms with van der Waals surface area (Å²) in [6.45, 7) is 4.60. The molecule has 5 nitrogen and oxygen atoms in total. The van der Waals surface area contributed by atoms with E-state index in [0.717, 1.165) is 22.4 Å². The van der Waals surface area contributed by atoms with Crippen LogP contribution in [0.3, 0.4) is 0 Å². The highest BCUT2D eigenvalue weighted by Gasteiger charge is 2.29. The summed E-state index contributed by atoms with van der Waals surface area (Å²) in [5.41, 5.74) is 1.82. The molecule has 0 saturated heterocycles. The lowest BCUT2D eigenvalue weighted by molar-refractivity contribution is -0.142. The standard InChI is InChI=1S/C21H22N2O3/c1-21(2,20(24)25)17-10-8-16(9-11-17)18-6-3-4-7-19(18)26-15-14-23-13-5-12-22-23/h3-13H,14-15H2,1-2H3,(H,24,25). The van der Waals surface area contributed by atoms with Crippen LogP contribution in [0.15, 0.2) is 67.0 Å². The van der Waals surface area contributed by atoms with E-state index in [4.69, 9.17) is 4.74 Å². The van der Waals surface area contributed by atoms with Crippen molar-refractivity contribution in [3.05, 3.63) is 72.6 Å². The van der Waals surface area contributed by atoms with Crippen LogP contribution in [0.4, 0.5) is 0 Å². The number of carbonyl (C=O) groups is 1. The van der Waals surface area contributed by atoms with Crippen molar-refractivity contribution < 1.29 is 14.6 Å². The summed E-state index contributed by atoms with van der Waals surface area (Å²) in [4.78, 5) is 11.4. The number of rotatable bonds is 7. The van der Waals surface area contributed by atoms with Crippen molar-refractivity contribution in [3.8, 4) is 16.9 Å². The zero-order valence-corrected chi connectivity index (χ0v) is 14.9. The molecule has 0 radical (unpaired) electrons. The van der Waals surface area contributed by atoms with E-state index in [1.807, 2.05) is 65.5 Å². The number of hydrogen-bond acceptors (Lipinski definition) is 3. The maximum atomic E-state index is 11.4. The summed E-state index contributed by atoms with van der Waals surface area (Å²) in [6.07, 6.45) is 3.65. The molecule has 0 atom stereocenters. The first-order valence-electron chi connectivity index (χ1n) is 8.52. The molecule has 26 heavy (non-hydrogen) atoms. The average Bonchev–Trinajstić information content (AvgIpc) is 3.15. The van der Waals surface area contributed by atoms with E-state index in [2.05, 4.69) is 5.10 Å². The Morgan fingerprint density at radius 3 is 2.50 bits per heavy atom. The number of ether oxygens (including phenoxy) is 1. The quantitative estimate of drug-likeness (QED) is 0.700. The van der Waals surface area contributed by atoms with E-state index >= 15 is 0 Å². The van der Waals surface area contributed by atoms with E-state index in [0.29, 0.717) is 13.2 Å². The summed E-state index contributed by atoms with van der Waals surface area (Å²) in [5, 5.41) is 13.5. The van der Waals surface area contributed by atoms with Crippen molar-refractivity contribution in [1.29, 1.82) is 0 Å². The topological polar surface area (TPSA) is 64.3 Å². The molecule has 5 heteroatoms. The van der Waals surface area contributed by atoms with Gasteiger partial charge in [0.25, 0.3) is 0 Å². The summed E-state index contributed by atoms with van der Waals surface area (Å²) in [5.74, 6) is -0.0440. The van der Waals surface area contributed by atoms with Gasteiger partial charge in [0.15, 0.2) is 0 Å². The highest BCUT2D eigenvalue weighted by atomic mass is 16.5. The largest absolute Gasteiger partial charge is 0.491 e. The van der Waals surface area contributed by atoms with Crippen molar-refractivity contribution in [2.75, 3.05) is 6.61 Å². The molecule has 3 aromatic rings. The molecule has 2 aromatic carbocycles. The van der Waals surface area contributed by atoms with Crippen molar-refractivity contribution in [3.63, 3.8) is 0 Å². The third-order valence-corrected chi connectivity index (χ3v) is 4.48. The molecule has 0 aliphatic rings. The lowest BCUT2D eigenvalue weighted by Gasteiger charge is -2.20. The molecule has 1 N–H and O–H groups in total. The predicted octanol–water partition coefficient (Wildman–Crippen LogP) is 3.99. The van der Waals surface area contributed by atoms with Crippen molar-refractivity contribution in [1.82, 2.24) is 9.78 Å². The fourth-order valence-corrected chi connectivity index (χ4v) is 2.70. The minimum Gasteiger partial charge on any atom is -0.491 e. The molecule has 1 heterocycles. The smallest absolute Gasteiger partial charge is 0.313 e. The first-order chi connectivity index (χ1) is 12.5. The lowest BCUT2D eigenvalue weighted by atomic mass is 9.84. The Hall–Kier alpha value is -3.08. The fraction of sp³-hybridized carbons (Fsp3) is 0.238. The van der Waals surface area contributed by atoms with Crippen LogP contribution < -0.4 is 4.74 Å². The van der Waals surface area contributed by atoms with E-state index in [1.165, 1.54) is 0 Å². The van der Waals surface area contributed by atoms with Crippen LogP contribution in [-0.2, 0) is 16.8 Å². The third-order valence-electron chi connectivity index (χ3n) is 4.48. The van der Waals surface area contributed by atoms with Gasteiger partial charge in [-0.2, -0.15) is 5.10 Å². The second kappa shape index (κ2) is 7.44. The zero-order chi connectivity index (χ0) is 18.6. The average molecular weight is 350 g/mol. The number of hydrogen-bond donors (Lipinski definition) is 1. The molecule has 1 aromatic heterocycles. The van der Waals surface area contributed by atoms with Gasteiger partial charge in [0.2, 0.25) is 0 Å². The Labute approximate surface area is 152 Å². The van der Waals surface area contributed by atoms with E-state index in [-0.39, 0.29) is 0 Å². The first kappa shape index (κ1) is 17.7. The molecule has 0 spiro atoms. The van der Waals surface area contributed by atoms with Gasteiger partial charge >= 0.3 is 5.97 Å². The van der Waals surface area contributed by atoms with Gasteiger partial charge in [0.1, 0.15) is 12.4 Å². The number of nitrogens with zero attached hydrogens (tertiary/aromatic N) is 2. The number of carboxylic acid groups (broad SMARTS) is 1. The zero-order valence-electron chi connectivity index (χ0n) is 14.9. The maximum Gasteiger partial charge on any atom is 0.313 e. The lowest BCUT2D eigenvalue weighted by Crippen LogP contribution is -2.28. The molecule has 134 valence electrons. The highest BCUT2D eigenvalue weighted by Crippen LogP contribution is 2.32. The van der Waals surface area contributed by atoms with Gasteiger partial charge in [-0.1, -0.05) is 42.5 Å². The van der Waals surface area contributed by atoms with Crippen LogP contribution in [-0.4, -0.2) is 27.5 Å². The molecule has 0 aliphatic heterocycles. The Morgan fingerprint density at radius 2 is 1.85 bits per heavy atom. The van der Waals surface area contributed by atoms with Crippen molar-refractivity contribution in [2.45, 2.75) is 25.8 Å². The molecule has 0 unspecified atom stereocenters. The van der Waals surface area contributed by atoms with Crippen LogP contribution in [0.25, 0.3) is 11.1 Å². The van der Waals surface area contributed by atoms with E-state index < -0.39 is 11.4 Å². The maximum absolute atomic E-state index is 11.4. The number of para-hydroxylation sites is 1. The Balaban J connectivity index is 1.78. The second-order valence-electron chi connectivity index (χ2n) is 6.62. The number of aromatic nitrogens is 2. The van der Waals surface area contributed by atoms with E-state index in [1.54, 1.807) is 20.0 Å². The van der Waals surface area contributed by atoms with Gasteiger partial charge < -0.3 is 9.84 Å². The summed E-state index contributed by atoms with van der Waals surface area (Å²) < 4.78 is 7.77. The van der Waals surface area contributed by atoms with Crippen LogP contribution in [0, 0.1) is 0 Å². The first-order valence-corrected chi connectivity index (χ1v) is 8.52. The van der Waals surface area contributed by atoms with Gasteiger partial charge in [-0.15, -0.1) is 0 Å². The molecule has 0 aliphatic carbocycles. The number of aliphatic carboxylic acids is 1. The van der Waals surface area contributed by atoms with Gasteiger partial charge in [-0.25, -0.2) is 0 Å². The fourth-order valence-electron chi connectivity index (χ4n) is 2.70. The minimum absolute atomic E-state index is 0.517. The predicted molar refractivity (Wildman–Crippen MR) is 100 cm³/mol. The molecule has 3 rings (SSSR count). The van der Waals surface area contributed by atoms with Crippen molar-refractivity contribution in [2.24, 2.45) is 0 Å². The summed E-state index contributed by atoms with van der Waals surface area (Å²) in [7, 11) is 0. The van der Waals surface area contributed by atoms with Crippen LogP contribution in [0.2, 0.25) is 0 Å². The summed E-state index contributed by atoms with van der Waals surface area (Å²) >= 11 is 0. The number of carboxylic acids is 1. The molecule has 0 saturated carbocycles. The SMILES string of the molecule is CC(C)(C(=O)O)c1ccc(-c2ccccc2OCCn2cccn2)cc1. The number of benzene rings is 2. The van der Waals surface area contributed by atoms with Crippen LogP contribution in [0.5, 0.6) is 5.75 Å². The molecule has 0 bridgehead atoms. The third kappa shape index (κ3) is 3.77. The van der Waals surface area contributed by atoms with Crippen molar-refractivity contribution >= 4 is 5.97 Å². The summed E-state index contributed by atoms with van der Waals surface area (Å²) in [6, 6.07) is 17.3. The molecule has 0 amide bonds. The molecular formula is C21H22N2O3. The van der Waals surface area contributed by atoms with Gasteiger partial charge in [0.05, 0.1) is 12.0 Å². The Bertz CT molecular complexity index is 869. The Kier molecular flexibility index (Phi) is 5.07. The van der Waals surface area contributed by atoms with Gasteiger partial charge in [-0.05, 0) is 37.1 Å². The Morgan fingerprint density at radius 1 is 1.12 bits per heavy atom. The monoisotopic (exact) mass is 350 g/mol. The molecule has 0 fully saturated rings.